The molecule has 7 nitrogen and oxygen atoms in total. The Hall–Kier alpha value is -3.84. The molecule has 0 bridgehead atoms. The maximum absolute atomic E-state index is 12.9. The van der Waals surface area contributed by atoms with Crippen LogP contribution in [0.5, 0.6) is 5.75 Å². The zero-order valence-corrected chi connectivity index (χ0v) is 18.1. The fourth-order valence-corrected chi connectivity index (χ4v) is 3.48. The summed E-state index contributed by atoms with van der Waals surface area (Å²) in [6, 6.07) is 21.9. The van der Waals surface area contributed by atoms with Crippen molar-refractivity contribution in [2.24, 2.45) is 0 Å². The van der Waals surface area contributed by atoms with Crippen LogP contribution in [0.1, 0.15) is 12.7 Å². The summed E-state index contributed by atoms with van der Waals surface area (Å²) >= 11 is 6.24. The summed E-state index contributed by atoms with van der Waals surface area (Å²) in [7, 11) is 0. The molecule has 1 heterocycles. The maximum atomic E-state index is 12.9. The number of ether oxygens (including phenoxy) is 1. The van der Waals surface area contributed by atoms with E-state index in [1.807, 2.05) is 59.2 Å². The van der Waals surface area contributed by atoms with E-state index >= 15 is 0 Å². The monoisotopic (exact) mass is 448 g/mol. The summed E-state index contributed by atoms with van der Waals surface area (Å²) < 4.78 is 7.68. The van der Waals surface area contributed by atoms with Crippen LogP contribution in [0, 0.1) is 0 Å². The number of halogens is 1. The summed E-state index contributed by atoms with van der Waals surface area (Å²) in [5.41, 5.74) is 2.56. The van der Waals surface area contributed by atoms with E-state index in [4.69, 9.17) is 16.3 Å². The largest absolute Gasteiger partial charge is 0.486 e. The van der Waals surface area contributed by atoms with Gasteiger partial charge in [-0.3, -0.25) is 9.59 Å². The van der Waals surface area contributed by atoms with Gasteiger partial charge in [-0.15, -0.1) is 0 Å². The first kappa shape index (κ1) is 21.4. The minimum Gasteiger partial charge on any atom is -0.486 e. The number of carbonyl (C=O) groups excluding carboxylic acids is 2. The number of benzene rings is 3. The minimum absolute atomic E-state index is 0.0225. The van der Waals surface area contributed by atoms with Crippen LogP contribution in [0.4, 0.5) is 11.4 Å². The average Bonchev–Trinajstić information content (AvgIpc) is 3.12. The van der Waals surface area contributed by atoms with E-state index in [0.29, 0.717) is 22.2 Å². The smallest absolute Gasteiger partial charge is 0.244 e. The third-order valence-electron chi connectivity index (χ3n) is 4.71. The second kappa shape index (κ2) is 9.53. The van der Waals surface area contributed by atoms with Crippen LogP contribution in [-0.2, 0) is 22.7 Å². The number of fused-ring (bicyclic) bond motifs is 1. The molecule has 0 aliphatic rings. The predicted octanol–water partition coefficient (Wildman–Crippen LogP) is 4.87. The second-order valence-electron chi connectivity index (χ2n) is 7.13. The van der Waals surface area contributed by atoms with Gasteiger partial charge in [0.05, 0.1) is 21.7 Å². The van der Waals surface area contributed by atoms with Crippen LogP contribution in [0.2, 0.25) is 5.02 Å². The molecule has 4 aromatic rings. The van der Waals surface area contributed by atoms with Crippen LogP contribution >= 0.6 is 11.6 Å². The number of nitrogens with one attached hydrogen (secondary N) is 2. The van der Waals surface area contributed by atoms with E-state index < -0.39 is 0 Å². The summed E-state index contributed by atoms with van der Waals surface area (Å²) in [4.78, 5) is 28.8. The van der Waals surface area contributed by atoms with Gasteiger partial charge in [0, 0.05) is 12.6 Å². The summed E-state index contributed by atoms with van der Waals surface area (Å²) in [6.45, 7) is 1.65. The number of rotatable bonds is 7. The Morgan fingerprint density at radius 3 is 2.53 bits per heavy atom. The van der Waals surface area contributed by atoms with Crippen LogP contribution in [0.25, 0.3) is 11.0 Å². The first-order valence-corrected chi connectivity index (χ1v) is 10.4. The molecule has 0 saturated carbocycles. The van der Waals surface area contributed by atoms with Crippen molar-refractivity contribution in [1.82, 2.24) is 9.55 Å². The zero-order chi connectivity index (χ0) is 22.5. The normalized spacial score (nSPS) is 10.7. The number of carbonyl (C=O) groups is 2. The Bertz CT molecular complexity index is 1270. The molecule has 162 valence electrons. The SMILES string of the molecule is CC(=O)Nc1ccc(Cl)c(NC(=O)Cn2c(COc3ccccc3)nc3ccccc32)c1. The molecule has 3 aromatic carbocycles. The Kier molecular flexibility index (Phi) is 6.37. The molecule has 32 heavy (non-hydrogen) atoms. The summed E-state index contributed by atoms with van der Waals surface area (Å²) in [5, 5.41) is 5.86. The highest BCUT2D eigenvalue weighted by Gasteiger charge is 2.15. The fourth-order valence-electron chi connectivity index (χ4n) is 3.31. The van der Waals surface area contributed by atoms with Crippen LogP contribution < -0.4 is 15.4 Å². The second-order valence-corrected chi connectivity index (χ2v) is 7.54. The van der Waals surface area contributed by atoms with E-state index in [1.54, 1.807) is 18.2 Å². The maximum Gasteiger partial charge on any atom is 0.244 e. The third-order valence-corrected chi connectivity index (χ3v) is 5.04. The number of para-hydroxylation sites is 3. The van der Waals surface area contributed by atoms with Gasteiger partial charge in [0.1, 0.15) is 24.7 Å². The number of nitrogens with zero attached hydrogens (tertiary/aromatic N) is 2. The van der Waals surface area contributed by atoms with Gasteiger partial charge in [-0.25, -0.2) is 4.98 Å². The van der Waals surface area contributed by atoms with Gasteiger partial charge in [0.15, 0.2) is 0 Å². The lowest BCUT2D eigenvalue weighted by Crippen LogP contribution is -2.21. The number of aromatic nitrogens is 2. The van der Waals surface area contributed by atoms with Gasteiger partial charge in [-0.05, 0) is 42.5 Å². The molecule has 0 saturated heterocycles. The first-order chi connectivity index (χ1) is 15.5. The molecular formula is C24H21ClN4O3. The van der Waals surface area contributed by atoms with E-state index in [-0.39, 0.29) is 25.0 Å². The molecule has 0 radical (unpaired) electrons. The Morgan fingerprint density at radius 1 is 1.00 bits per heavy atom. The van der Waals surface area contributed by atoms with Gasteiger partial charge in [0.2, 0.25) is 11.8 Å². The molecule has 0 atom stereocenters. The van der Waals surface area contributed by atoms with Gasteiger partial charge >= 0.3 is 0 Å². The Balaban J connectivity index is 1.55. The van der Waals surface area contributed by atoms with Crippen molar-refractivity contribution in [3.63, 3.8) is 0 Å². The lowest BCUT2D eigenvalue weighted by atomic mass is 10.2. The zero-order valence-electron chi connectivity index (χ0n) is 17.3. The minimum atomic E-state index is -0.281. The topological polar surface area (TPSA) is 85.2 Å². The molecule has 4 rings (SSSR count). The first-order valence-electron chi connectivity index (χ1n) is 9.98. The van der Waals surface area contributed by atoms with E-state index in [1.165, 1.54) is 6.92 Å². The van der Waals surface area contributed by atoms with E-state index in [0.717, 1.165) is 16.8 Å². The number of imidazole rings is 1. The number of anilines is 2. The van der Waals surface area contributed by atoms with Gasteiger partial charge in [0.25, 0.3) is 0 Å². The highest BCUT2D eigenvalue weighted by molar-refractivity contribution is 6.33. The molecule has 2 N–H and O–H groups in total. The number of amides is 2. The van der Waals surface area contributed by atoms with Crippen LogP contribution in [0.3, 0.4) is 0 Å². The summed E-state index contributed by atoms with van der Waals surface area (Å²) in [5.74, 6) is 0.856. The third kappa shape index (κ3) is 5.07. The molecule has 0 spiro atoms. The molecule has 0 unspecified atom stereocenters. The molecule has 1 aromatic heterocycles. The number of hydrogen-bond acceptors (Lipinski definition) is 4. The standard InChI is InChI=1S/C24H21ClN4O3/c1-16(30)26-17-11-12-19(25)21(13-17)28-24(31)14-29-22-10-6-5-9-20(22)27-23(29)15-32-18-7-3-2-4-8-18/h2-13H,14-15H2,1H3,(H,26,30)(H,28,31). The predicted molar refractivity (Wildman–Crippen MR) is 125 cm³/mol. The van der Waals surface area contributed by atoms with Crippen molar-refractivity contribution in [1.29, 1.82) is 0 Å². The number of hydrogen-bond donors (Lipinski definition) is 2. The van der Waals surface area contributed by atoms with Crippen molar-refractivity contribution in [2.45, 2.75) is 20.1 Å². The van der Waals surface area contributed by atoms with Crippen molar-refractivity contribution >= 4 is 45.8 Å². The highest BCUT2D eigenvalue weighted by Crippen LogP contribution is 2.26. The van der Waals surface area contributed by atoms with Crippen molar-refractivity contribution < 1.29 is 14.3 Å². The molecule has 0 fully saturated rings. The fraction of sp³-hybridized carbons (Fsp3) is 0.125. The van der Waals surface area contributed by atoms with Crippen molar-refractivity contribution in [3.8, 4) is 5.75 Å². The molecule has 2 amide bonds. The van der Waals surface area contributed by atoms with Crippen LogP contribution in [0.15, 0.2) is 72.8 Å². The van der Waals surface area contributed by atoms with Gasteiger partial charge in [-0.2, -0.15) is 0 Å². The Morgan fingerprint density at radius 2 is 1.75 bits per heavy atom. The lowest BCUT2D eigenvalue weighted by molar-refractivity contribution is -0.117. The molecule has 0 aliphatic carbocycles. The van der Waals surface area contributed by atoms with E-state index in [9.17, 15) is 9.59 Å². The highest BCUT2D eigenvalue weighted by atomic mass is 35.5. The molecule has 8 heteroatoms. The Labute approximate surface area is 190 Å². The average molecular weight is 449 g/mol. The van der Waals surface area contributed by atoms with Gasteiger partial charge in [-0.1, -0.05) is 41.9 Å². The van der Waals surface area contributed by atoms with E-state index in [2.05, 4.69) is 15.6 Å². The van der Waals surface area contributed by atoms with Crippen molar-refractivity contribution in [3.05, 3.63) is 83.6 Å². The van der Waals surface area contributed by atoms with Crippen molar-refractivity contribution in [2.75, 3.05) is 10.6 Å². The molecular weight excluding hydrogens is 428 g/mol. The van der Waals surface area contributed by atoms with Crippen LogP contribution in [-0.4, -0.2) is 21.4 Å². The molecule has 0 aliphatic heterocycles. The summed E-state index contributed by atoms with van der Waals surface area (Å²) in [6.07, 6.45) is 0. The van der Waals surface area contributed by atoms with Gasteiger partial charge < -0.3 is 19.9 Å². The lowest BCUT2D eigenvalue weighted by Gasteiger charge is -2.13. The quantitative estimate of drug-likeness (QED) is 0.422.